The van der Waals surface area contributed by atoms with E-state index in [1.165, 1.54) is 0 Å². The molecule has 0 aliphatic rings. The lowest BCUT2D eigenvalue weighted by Crippen LogP contribution is -1.94. The lowest BCUT2D eigenvalue weighted by atomic mass is 10.1. The maximum atomic E-state index is 8.73. The average molecular weight is 252 g/mol. The van der Waals surface area contributed by atoms with E-state index in [1.54, 1.807) is 45.6 Å². The summed E-state index contributed by atoms with van der Waals surface area (Å²) in [6.45, 7) is 5.98. The first-order valence-corrected chi connectivity index (χ1v) is 5.34. The van der Waals surface area contributed by atoms with E-state index in [1.807, 2.05) is 0 Å². The quantitative estimate of drug-likeness (QED) is 0.818. The average Bonchev–Trinajstić information content (AvgIpc) is 2.46. The second-order valence-electron chi connectivity index (χ2n) is 3.03. The van der Waals surface area contributed by atoms with Gasteiger partial charge in [-0.2, -0.15) is 0 Å². The minimum absolute atomic E-state index is 0.0164. The van der Waals surface area contributed by atoms with Gasteiger partial charge < -0.3 is 19.3 Å². The van der Waals surface area contributed by atoms with Gasteiger partial charge in [0.15, 0.2) is 11.5 Å². The maximum absolute atomic E-state index is 8.73. The summed E-state index contributed by atoms with van der Waals surface area (Å²) in [5.74, 6) is 1.91. The fourth-order valence-electron chi connectivity index (χ4n) is 1.36. The van der Waals surface area contributed by atoms with Crippen LogP contribution in [-0.2, 0) is 0 Å². The molecule has 0 spiro atoms. The summed E-state index contributed by atoms with van der Waals surface area (Å²) < 4.78 is 15.6. The van der Waals surface area contributed by atoms with Crippen molar-refractivity contribution in [3.8, 4) is 17.2 Å². The molecule has 100 valence electrons. The SMILES string of the molecule is C=C.COc1cc(OC)c(OC)cc1/C=C/CO. The molecule has 1 aromatic rings. The Hall–Kier alpha value is -1.94. The smallest absolute Gasteiger partial charge is 0.164 e. The Morgan fingerprint density at radius 1 is 1.00 bits per heavy atom. The molecule has 0 fully saturated rings. The van der Waals surface area contributed by atoms with E-state index in [9.17, 15) is 0 Å². The summed E-state index contributed by atoms with van der Waals surface area (Å²) in [5.41, 5.74) is 0.828. The van der Waals surface area contributed by atoms with Crippen molar-refractivity contribution in [3.63, 3.8) is 0 Å². The number of aliphatic hydroxyl groups excluding tert-OH is 1. The first kappa shape index (κ1) is 16.1. The van der Waals surface area contributed by atoms with Gasteiger partial charge in [-0.3, -0.25) is 0 Å². The molecule has 1 rings (SSSR count). The molecule has 0 bridgehead atoms. The Kier molecular flexibility index (Phi) is 8.14. The van der Waals surface area contributed by atoms with Gasteiger partial charge in [0, 0.05) is 11.6 Å². The highest BCUT2D eigenvalue weighted by molar-refractivity contribution is 5.63. The van der Waals surface area contributed by atoms with Crippen LogP contribution in [0.2, 0.25) is 0 Å². The zero-order chi connectivity index (χ0) is 14.0. The molecule has 0 saturated carbocycles. The molecule has 0 saturated heterocycles. The molecule has 1 N–H and O–H groups in total. The monoisotopic (exact) mass is 252 g/mol. The van der Waals surface area contributed by atoms with Crippen molar-refractivity contribution < 1.29 is 19.3 Å². The second kappa shape index (κ2) is 9.13. The Labute approximate surface area is 108 Å². The molecular formula is C14H20O4. The van der Waals surface area contributed by atoms with Crippen LogP contribution in [0.15, 0.2) is 31.4 Å². The second-order valence-corrected chi connectivity index (χ2v) is 3.03. The zero-order valence-corrected chi connectivity index (χ0v) is 11.1. The molecule has 0 amide bonds. The molecule has 0 aromatic heterocycles. The molecule has 0 aliphatic heterocycles. The van der Waals surface area contributed by atoms with Crippen LogP contribution in [0.5, 0.6) is 17.2 Å². The molecule has 0 unspecified atom stereocenters. The largest absolute Gasteiger partial charge is 0.496 e. The number of aliphatic hydroxyl groups is 1. The van der Waals surface area contributed by atoms with Crippen LogP contribution in [0.1, 0.15) is 5.56 Å². The van der Waals surface area contributed by atoms with Crippen LogP contribution in [-0.4, -0.2) is 33.0 Å². The van der Waals surface area contributed by atoms with Crippen LogP contribution in [0.3, 0.4) is 0 Å². The first-order valence-electron chi connectivity index (χ1n) is 5.34. The number of hydrogen-bond acceptors (Lipinski definition) is 4. The van der Waals surface area contributed by atoms with Crippen molar-refractivity contribution in [2.24, 2.45) is 0 Å². The zero-order valence-electron chi connectivity index (χ0n) is 11.1. The van der Waals surface area contributed by atoms with Crippen LogP contribution < -0.4 is 14.2 Å². The van der Waals surface area contributed by atoms with Gasteiger partial charge >= 0.3 is 0 Å². The molecule has 4 nitrogen and oxygen atoms in total. The summed E-state index contributed by atoms with van der Waals surface area (Å²) in [6.07, 6.45) is 3.39. The highest BCUT2D eigenvalue weighted by Gasteiger charge is 2.09. The molecule has 0 heterocycles. The van der Waals surface area contributed by atoms with E-state index in [2.05, 4.69) is 13.2 Å². The van der Waals surface area contributed by atoms with Crippen LogP contribution in [0.25, 0.3) is 6.08 Å². The van der Waals surface area contributed by atoms with Crippen molar-refractivity contribution in [2.75, 3.05) is 27.9 Å². The van der Waals surface area contributed by atoms with E-state index < -0.39 is 0 Å². The fourth-order valence-corrected chi connectivity index (χ4v) is 1.36. The minimum atomic E-state index is -0.0164. The maximum Gasteiger partial charge on any atom is 0.164 e. The first-order chi connectivity index (χ1) is 8.76. The van der Waals surface area contributed by atoms with Gasteiger partial charge in [0.05, 0.1) is 27.9 Å². The minimum Gasteiger partial charge on any atom is -0.496 e. The summed E-state index contributed by atoms with van der Waals surface area (Å²) in [7, 11) is 4.72. The molecule has 0 atom stereocenters. The van der Waals surface area contributed by atoms with Gasteiger partial charge in [0.1, 0.15) is 5.75 Å². The van der Waals surface area contributed by atoms with Gasteiger partial charge in [-0.25, -0.2) is 0 Å². The standard InChI is InChI=1S/C12H16O4.C2H4/c1-14-10-8-12(16-3)11(15-2)7-9(10)5-4-6-13;1-2/h4-5,7-8,13H,6H2,1-3H3;1-2H2/b5-4+;. The van der Waals surface area contributed by atoms with E-state index in [0.717, 1.165) is 5.56 Å². The summed E-state index contributed by atoms with van der Waals surface area (Å²) in [4.78, 5) is 0. The molecule has 0 radical (unpaired) electrons. The molecule has 0 aliphatic carbocycles. The summed E-state index contributed by atoms with van der Waals surface area (Å²) in [6, 6.07) is 3.54. The number of hydrogen-bond donors (Lipinski definition) is 1. The fraction of sp³-hybridized carbons (Fsp3) is 0.286. The third-order valence-corrected chi connectivity index (χ3v) is 2.14. The predicted octanol–water partition coefficient (Wildman–Crippen LogP) is 2.52. The van der Waals surface area contributed by atoms with E-state index >= 15 is 0 Å². The van der Waals surface area contributed by atoms with Crippen LogP contribution in [0.4, 0.5) is 0 Å². The van der Waals surface area contributed by atoms with Gasteiger partial charge in [0.2, 0.25) is 0 Å². The summed E-state index contributed by atoms with van der Waals surface area (Å²) in [5, 5.41) is 8.73. The van der Waals surface area contributed by atoms with Crippen molar-refractivity contribution in [3.05, 3.63) is 36.9 Å². The van der Waals surface area contributed by atoms with Gasteiger partial charge in [0.25, 0.3) is 0 Å². The Balaban J connectivity index is 0.00000137. The number of methoxy groups -OCH3 is 3. The third kappa shape index (κ3) is 4.14. The third-order valence-electron chi connectivity index (χ3n) is 2.14. The predicted molar refractivity (Wildman–Crippen MR) is 73.5 cm³/mol. The highest BCUT2D eigenvalue weighted by Crippen LogP contribution is 2.35. The van der Waals surface area contributed by atoms with E-state index in [0.29, 0.717) is 17.2 Å². The topological polar surface area (TPSA) is 47.9 Å². The number of rotatable bonds is 5. The lowest BCUT2D eigenvalue weighted by Gasteiger charge is -2.11. The highest BCUT2D eigenvalue weighted by atomic mass is 16.5. The Morgan fingerprint density at radius 3 is 1.94 bits per heavy atom. The van der Waals surface area contributed by atoms with Crippen LogP contribution >= 0.6 is 0 Å². The molecule has 18 heavy (non-hydrogen) atoms. The van der Waals surface area contributed by atoms with Crippen molar-refractivity contribution in [2.45, 2.75) is 0 Å². The van der Waals surface area contributed by atoms with E-state index in [4.69, 9.17) is 19.3 Å². The Morgan fingerprint density at radius 2 is 1.50 bits per heavy atom. The van der Waals surface area contributed by atoms with Crippen molar-refractivity contribution >= 4 is 6.08 Å². The van der Waals surface area contributed by atoms with Gasteiger partial charge in [-0.15, -0.1) is 13.2 Å². The molecular weight excluding hydrogens is 232 g/mol. The Bertz CT molecular complexity index is 386. The van der Waals surface area contributed by atoms with Gasteiger partial charge in [-0.1, -0.05) is 12.2 Å². The number of ether oxygens (including phenoxy) is 3. The summed E-state index contributed by atoms with van der Waals surface area (Å²) >= 11 is 0. The van der Waals surface area contributed by atoms with Crippen molar-refractivity contribution in [1.82, 2.24) is 0 Å². The van der Waals surface area contributed by atoms with Crippen molar-refractivity contribution in [1.29, 1.82) is 0 Å². The normalized spacial score (nSPS) is 9.56. The van der Waals surface area contributed by atoms with E-state index in [-0.39, 0.29) is 6.61 Å². The molecule has 1 aromatic carbocycles. The van der Waals surface area contributed by atoms with Crippen LogP contribution in [0, 0.1) is 0 Å². The van der Waals surface area contributed by atoms with Gasteiger partial charge in [-0.05, 0) is 6.07 Å². The lowest BCUT2D eigenvalue weighted by molar-refractivity contribution is 0.343. The molecule has 4 heteroatoms. The number of benzene rings is 1.